The van der Waals surface area contributed by atoms with Crippen LogP contribution in [0.5, 0.6) is 0 Å². The Balaban J connectivity index is 1.33. The number of benzene rings is 2. The molecule has 1 N–H and O–H groups in total. The normalized spacial score (nSPS) is 17.7. The van der Waals surface area contributed by atoms with E-state index >= 15 is 0 Å². The van der Waals surface area contributed by atoms with Gasteiger partial charge in [0.2, 0.25) is 0 Å². The smallest absolute Gasteiger partial charge is 0.338 e. The fraction of sp³-hybridized carbons (Fsp3) is 0.273. The van der Waals surface area contributed by atoms with E-state index in [-0.39, 0.29) is 11.7 Å². The van der Waals surface area contributed by atoms with Gasteiger partial charge >= 0.3 is 5.97 Å². The molecule has 154 valence electrons. The van der Waals surface area contributed by atoms with Crippen LogP contribution in [0.3, 0.4) is 0 Å². The Morgan fingerprint density at radius 2 is 1.70 bits per heavy atom. The Kier molecular flexibility index (Phi) is 5.58. The van der Waals surface area contributed by atoms with E-state index in [1.54, 1.807) is 24.3 Å². The monoisotopic (exact) mass is 408 g/mol. The molecule has 0 aromatic heterocycles. The molecular weight excluding hydrogens is 388 g/mol. The summed E-state index contributed by atoms with van der Waals surface area (Å²) in [5.74, 6) is -1.89. The molecule has 2 heterocycles. The maximum Gasteiger partial charge on any atom is 0.338 e. The minimum atomic E-state index is -0.670. The number of anilines is 1. The molecule has 1 saturated heterocycles. The molecule has 0 unspecified atom stereocenters. The largest absolute Gasteiger partial charge is 0.452 e. The predicted octanol–water partition coefficient (Wildman–Crippen LogP) is 1.94. The lowest BCUT2D eigenvalue weighted by Gasteiger charge is -2.14. The molecule has 1 atom stereocenters. The number of hydrogen-bond acceptors (Lipinski definition) is 6. The zero-order chi connectivity index (χ0) is 21.1. The molecule has 1 fully saturated rings. The van der Waals surface area contributed by atoms with Gasteiger partial charge in [-0.1, -0.05) is 12.1 Å². The van der Waals surface area contributed by atoms with E-state index in [2.05, 4.69) is 5.32 Å². The van der Waals surface area contributed by atoms with Gasteiger partial charge in [-0.05, 0) is 49.2 Å². The summed E-state index contributed by atoms with van der Waals surface area (Å²) in [5.41, 5.74) is 1.26. The van der Waals surface area contributed by atoms with Crippen LogP contribution in [-0.2, 0) is 14.3 Å². The van der Waals surface area contributed by atoms with Crippen molar-refractivity contribution in [3.8, 4) is 0 Å². The Morgan fingerprint density at radius 3 is 2.30 bits per heavy atom. The number of carbonyl (C=O) groups excluding carboxylic acids is 4. The van der Waals surface area contributed by atoms with E-state index in [9.17, 15) is 19.2 Å². The average molecular weight is 408 g/mol. The first-order valence-corrected chi connectivity index (χ1v) is 9.68. The van der Waals surface area contributed by atoms with Gasteiger partial charge in [0.25, 0.3) is 17.7 Å². The second-order valence-electron chi connectivity index (χ2n) is 7.05. The summed E-state index contributed by atoms with van der Waals surface area (Å²) in [7, 11) is 0. The second-order valence-corrected chi connectivity index (χ2v) is 7.05. The zero-order valence-corrected chi connectivity index (χ0v) is 16.1. The summed E-state index contributed by atoms with van der Waals surface area (Å²) in [6.45, 7) is 0.698. The molecule has 4 rings (SSSR count). The molecule has 2 aliphatic rings. The first-order valence-electron chi connectivity index (χ1n) is 9.68. The number of imide groups is 1. The number of fused-ring (bicyclic) bond motifs is 1. The Labute approximate surface area is 172 Å². The number of esters is 1. The van der Waals surface area contributed by atoms with Crippen molar-refractivity contribution in [2.75, 3.05) is 24.7 Å². The average Bonchev–Trinajstić information content (AvgIpc) is 3.38. The SMILES string of the molecule is O=C(COC(=O)c1ccc(N2C(=O)c3ccccc3C2=O)cc1)NC[C@H]1CCCO1. The van der Waals surface area contributed by atoms with Gasteiger partial charge in [-0.15, -0.1) is 0 Å². The number of carbonyl (C=O) groups is 4. The van der Waals surface area contributed by atoms with Crippen LogP contribution in [-0.4, -0.2) is 49.6 Å². The van der Waals surface area contributed by atoms with Crippen molar-refractivity contribution in [3.63, 3.8) is 0 Å². The standard InChI is InChI=1S/C22H20N2O6/c25-19(23-12-16-4-3-11-29-16)13-30-22(28)14-7-9-15(10-8-14)24-20(26)17-5-1-2-6-18(17)21(24)27/h1-2,5-10,16H,3-4,11-13H2,(H,23,25)/t16-/m1/s1. The lowest BCUT2D eigenvalue weighted by molar-refractivity contribution is -0.124. The van der Waals surface area contributed by atoms with Gasteiger partial charge in [0.1, 0.15) is 0 Å². The third kappa shape index (κ3) is 3.95. The summed E-state index contributed by atoms with van der Waals surface area (Å²) < 4.78 is 10.4. The highest BCUT2D eigenvalue weighted by atomic mass is 16.5. The molecule has 2 aromatic carbocycles. The molecule has 30 heavy (non-hydrogen) atoms. The first-order chi connectivity index (χ1) is 14.5. The van der Waals surface area contributed by atoms with Crippen molar-refractivity contribution < 1.29 is 28.7 Å². The van der Waals surface area contributed by atoms with Crippen molar-refractivity contribution in [1.82, 2.24) is 5.32 Å². The van der Waals surface area contributed by atoms with Crippen molar-refractivity contribution in [3.05, 3.63) is 65.2 Å². The van der Waals surface area contributed by atoms with Crippen LogP contribution < -0.4 is 10.2 Å². The molecule has 0 radical (unpaired) electrons. The van der Waals surface area contributed by atoms with Crippen LogP contribution in [0.25, 0.3) is 0 Å². The van der Waals surface area contributed by atoms with Crippen molar-refractivity contribution in [1.29, 1.82) is 0 Å². The molecule has 0 aliphatic carbocycles. The Morgan fingerprint density at radius 1 is 1.03 bits per heavy atom. The minimum Gasteiger partial charge on any atom is -0.452 e. The van der Waals surface area contributed by atoms with Gasteiger partial charge in [-0.25, -0.2) is 9.69 Å². The summed E-state index contributed by atoms with van der Waals surface area (Å²) in [4.78, 5) is 50.1. The summed E-state index contributed by atoms with van der Waals surface area (Å²) in [6.07, 6.45) is 1.89. The van der Waals surface area contributed by atoms with Crippen LogP contribution in [0.4, 0.5) is 5.69 Å². The van der Waals surface area contributed by atoms with Crippen LogP contribution in [0.15, 0.2) is 48.5 Å². The predicted molar refractivity (Wildman–Crippen MR) is 106 cm³/mol. The van der Waals surface area contributed by atoms with Crippen LogP contribution in [0, 0.1) is 0 Å². The number of hydrogen-bond donors (Lipinski definition) is 1. The molecule has 3 amide bonds. The quantitative estimate of drug-likeness (QED) is 0.579. The van der Waals surface area contributed by atoms with E-state index in [1.165, 1.54) is 24.3 Å². The molecule has 8 heteroatoms. The second kappa shape index (κ2) is 8.46. The Bertz CT molecular complexity index is 960. The zero-order valence-electron chi connectivity index (χ0n) is 16.1. The van der Waals surface area contributed by atoms with E-state index in [0.29, 0.717) is 30.0 Å². The van der Waals surface area contributed by atoms with Crippen LogP contribution in [0.1, 0.15) is 43.9 Å². The van der Waals surface area contributed by atoms with Gasteiger partial charge < -0.3 is 14.8 Å². The molecule has 2 aromatic rings. The molecule has 2 aliphatic heterocycles. The maximum atomic E-state index is 12.5. The van der Waals surface area contributed by atoms with Gasteiger partial charge in [-0.3, -0.25) is 14.4 Å². The number of amides is 3. The molecule has 8 nitrogen and oxygen atoms in total. The van der Waals surface area contributed by atoms with Crippen molar-refractivity contribution >= 4 is 29.4 Å². The Hall–Kier alpha value is -3.52. The number of ether oxygens (including phenoxy) is 2. The summed E-state index contributed by atoms with van der Waals surface area (Å²) in [5, 5.41) is 2.67. The van der Waals surface area contributed by atoms with E-state index < -0.39 is 30.3 Å². The highest BCUT2D eigenvalue weighted by molar-refractivity contribution is 6.34. The van der Waals surface area contributed by atoms with E-state index in [1.807, 2.05) is 0 Å². The molecule has 0 spiro atoms. The number of rotatable bonds is 6. The summed E-state index contributed by atoms with van der Waals surface area (Å²) >= 11 is 0. The fourth-order valence-corrected chi connectivity index (χ4v) is 3.47. The lowest BCUT2D eigenvalue weighted by Crippen LogP contribution is -2.34. The number of nitrogens with one attached hydrogen (secondary N) is 1. The molecule has 0 bridgehead atoms. The van der Waals surface area contributed by atoms with Crippen LogP contribution in [0.2, 0.25) is 0 Å². The first kappa shape index (κ1) is 19.8. The minimum absolute atomic E-state index is 0.0133. The topological polar surface area (TPSA) is 102 Å². The van der Waals surface area contributed by atoms with Gasteiger partial charge in [0.15, 0.2) is 6.61 Å². The lowest BCUT2D eigenvalue weighted by atomic mass is 10.1. The highest BCUT2D eigenvalue weighted by Gasteiger charge is 2.36. The van der Waals surface area contributed by atoms with Gasteiger partial charge in [0.05, 0.1) is 28.5 Å². The van der Waals surface area contributed by atoms with Crippen molar-refractivity contribution in [2.24, 2.45) is 0 Å². The van der Waals surface area contributed by atoms with Crippen molar-refractivity contribution in [2.45, 2.75) is 18.9 Å². The molecular formula is C22H20N2O6. The third-order valence-corrected chi connectivity index (χ3v) is 5.04. The maximum absolute atomic E-state index is 12.5. The van der Waals surface area contributed by atoms with Crippen LogP contribution >= 0.6 is 0 Å². The van der Waals surface area contributed by atoms with E-state index in [4.69, 9.17) is 9.47 Å². The van der Waals surface area contributed by atoms with E-state index in [0.717, 1.165) is 17.7 Å². The number of nitrogens with zero attached hydrogens (tertiary/aromatic N) is 1. The summed E-state index contributed by atoms with van der Waals surface area (Å²) in [6, 6.07) is 12.5. The molecule has 0 saturated carbocycles. The highest BCUT2D eigenvalue weighted by Crippen LogP contribution is 2.28. The van der Waals surface area contributed by atoms with Gasteiger partial charge in [-0.2, -0.15) is 0 Å². The third-order valence-electron chi connectivity index (χ3n) is 5.04. The van der Waals surface area contributed by atoms with Gasteiger partial charge in [0, 0.05) is 13.2 Å². The fourth-order valence-electron chi connectivity index (χ4n) is 3.47.